The number of halogens is 1. The van der Waals surface area contributed by atoms with E-state index in [4.69, 9.17) is 9.47 Å². The molecule has 1 N–H and O–H groups in total. The molecular formula is C16H14INO3. The van der Waals surface area contributed by atoms with E-state index in [2.05, 4.69) is 27.9 Å². The topological polar surface area (TPSA) is 47.6 Å². The Labute approximate surface area is 136 Å². The van der Waals surface area contributed by atoms with Crippen LogP contribution in [0.3, 0.4) is 0 Å². The number of benzene rings is 2. The molecule has 3 rings (SSSR count). The van der Waals surface area contributed by atoms with Crippen LogP contribution in [0, 0.1) is 3.57 Å². The summed E-state index contributed by atoms with van der Waals surface area (Å²) in [5, 5.41) is 2.88. The number of hydrogen-bond donors (Lipinski definition) is 1. The number of rotatable bonds is 3. The predicted octanol–water partition coefficient (Wildman–Crippen LogP) is 2.86. The van der Waals surface area contributed by atoms with Crippen LogP contribution in [-0.4, -0.2) is 25.2 Å². The van der Waals surface area contributed by atoms with Gasteiger partial charge in [-0.25, -0.2) is 0 Å². The number of nitrogens with one attached hydrogen (secondary N) is 1. The van der Waals surface area contributed by atoms with Crippen molar-refractivity contribution in [3.8, 4) is 11.5 Å². The molecule has 1 aliphatic rings. The highest BCUT2D eigenvalue weighted by molar-refractivity contribution is 14.1. The fourth-order valence-electron chi connectivity index (χ4n) is 2.10. The molecule has 1 aliphatic heterocycles. The summed E-state index contributed by atoms with van der Waals surface area (Å²) in [5.74, 6) is 1.37. The molecule has 5 heteroatoms. The maximum atomic E-state index is 12.1. The summed E-state index contributed by atoms with van der Waals surface area (Å²) in [4.78, 5) is 12.1. The van der Waals surface area contributed by atoms with Gasteiger partial charge in [-0.15, -0.1) is 0 Å². The van der Waals surface area contributed by atoms with Gasteiger partial charge < -0.3 is 14.8 Å². The standard InChI is InChI=1S/C16H14INO3/c17-12-5-3-4-11(8-12)16(19)18-9-13-10-20-14-6-1-2-7-15(14)21-13/h1-8,13H,9-10H2,(H,18,19)/t13-/m0/s1. The van der Waals surface area contributed by atoms with Crippen LogP contribution in [0.2, 0.25) is 0 Å². The molecule has 0 fully saturated rings. The van der Waals surface area contributed by atoms with Crippen molar-refractivity contribution in [3.05, 3.63) is 57.7 Å². The van der Waals surface area contributed by atoms with E-state index in [1.165, 1.54) is 0 Å². The van der Waals surface area contributed by atoms with E-state index in [9.17, 15) is 4.79 Å². The number of para-hydroxylation sites is 2. The first kappa shape index (κ1) is 14.2. The second-order valence-electron chi connectivity index (χ2n) is 4.72. The fourth-order valence-corrected chi connectivity index (χ4v) is 2.65. The van der Waals surface area contributed by atoms with E-state index in [1.807, 2.05) is 42.5 Å². The van der Waals surface area contributed by atoms with Crippen molar-refractivity contribution in [1.82, 2.24) is 5.32 Å². The normalized spacial score (nSPS) is 16.3. The van der Waals surface area contributed by atoms with Crippen LogP contribution in [0.5, 0.6) is 11.5 Å². The molecule has 0 radical (unpaired) electrons. The Kier molecular flexibility index (Phi) is 4.28. The van der Waals surface area contributed by atoms with E-state index < -0.39 is 0 Å². The first-order valence-electron chi connectivity index (χ1n) is 6.64. The van der Waals surface area contributed by atoms with Crippen molar-refractivity contribution >= 4 is 28.5 Å². The summed E-state index contributed by atoms with van der Waals surface area (Å²) in [6.07, 6.45) is -0.174. The van der Waals surface area contributed by atoms with Gasteiger partial charge >= 0.3 is 0 Å². The highest BCUT2D eigenvalue weighted by atomic mass is 127. The van der Waals surface area contributed by atoms with Gasteiger partial charge in [0.1, 0.15) is 12.7 Å². The summed E-state index contributed by atoms with van der Waals surface area (Å²) < 4.78 is 12.5. The number of carbonyl (C=O) groups excluding carboxylic acids is 1. The highest BCUT2D eigenvalue weighted by Gasteiger charge is 2.21. The minimum atomic E-state index is -0.174. The number of amides is 1. The van der Waals surface area contributed by atoms with Crippen molar-refractivity contribution in [2.45, 2.75) is 6.10 Å². The van der Waals surface area contributed by atoms with Gasteiger partial charge in [-0.2, -0.15) is 0 Å². The largest absolute Gasteiger partial charge is 0.486 e. The Hall–Kier alpha value is -1.76. The number of hydrogen-bond acceptors (Lipinski definition) is 3. The number of carbonyl (C=O) groups is 1. The average molecular weight is 395 g/mol. The predicted molar refractivity (Wildman–Crippen MR) is 87.8 cm³/mol. The van der Waals surface area contributed by atoms with Crippen molar-refractivity contribution in [3.63, 3.8) is 0 Å². The van der Waals surface area contributed by atoms with Gasteiger partial charge in [-0.3, -0.25) is 4.79 Å². The van der Waals surface area contributed by atoms with Gasteiger partial charge in [-0.1, -0.05) is 18.2 Å². The Morgan fingerprint density at radius 1 is 1.19 bits per heavy atom. The Morgan fingerprint density at radius 3 is 2.81 bits per heavy atom. The van der Waals surface area contributed by atoms with Crippen LogP contribution in [0.4, 0.5) is 0 Å². The lowest BCUT2D eigenvalue weighted by atomic mass is 10.2. The fraction of sp³-hybridized carbons (Fsp3) is 0.188. The molecule has 0 spiro atoms. The van der Waals surface area contributed by atoms with Crippen LogP contribution < -0.4 is 14.8 Å². The molecule has 1 heterocycles. The van der Waals surface area contributed by atoms with Gasteiger partial charge in [0, 0.05) is 9.13 Å². The summed E-state index contributed by atoms with van der Waals surface area (Å²) >= 11 is 2.19. The second-order valence-corrected chi connectivity index (χ2v) is 5.96. The van der Waals surface area contributed by atoms with Crippen LogP contribution >= 0.6 is 22.6 Å². The molecular weight excluding hydrogens is 381 g/mol. The van der Waals surface area contributed by atoms with Gasteiger partial charge in [0.05, 0.1) is 6.54 Å². The quantitative estimate of drug-likeness (QED) is 0.814. The first-order chi connectivity index (χ1) is 10.2. The zero-order valence-corrected chi connectivity index (χ0v) is 13.4. The van der Waals surface area contributed by atoms with Crippen molar-refractivity contribution in [2.75, 3.05) is 13.2 Å². The molecule has 4 nitrogen and oxygen atoms in total. The minimum absolute atomic E-state index is 0.101. The Balaban J connectivity index is 1.58. The number of fused-ring (bicyclic) bond motifs is 1. The second kappa shape index (κ2) is 6.34. The molecule has 0 saturated heterocycles. The SMILES string of the molecule is O=C(NC[C@H]1COc2ccccc2O1)c1cccc(I)c1. The monoisotopic (exact) mass is 395 g/mol. The molecule has 0 bridgehead atoms. The van der Waals surface area contributed by atoms with Crippen molar-refractivity contribution < 1.29 is 14.3 Å². The average Bonchev–Trinajstić information content (AvgIpc) is 2.52. The summed E-state index contributed by atoms with van der Waals surface area (Å²) in [7, 11) is 0. The zero-order valence-electron chi connectivity index (χ0n) is 11.2. The lowest BCUT2D eigenvalue weighted by Crippen LogP contribution is -2.40. The van der Waals surface area contributed by atoms with Gasteiger partial charge in [0.2, 0.25) is 0 Å². The zero-order chi connectivity index (χ0) is 14.7. The molecule has 0 unspecified atom stereocenters. The lowest BCUT2D eigenvalue weighted by Gasteiger charge is -2.26. The van der Waals surface area contributed by atoms with Gasteiger partial charge in [0.15, 0.2) is 11.5 Å². The summed E-state index contributed by atoms with van der Waals surface area (Å²) in [6.45, 7) is 0.849. The molecule has 21 heavy (non-hydrogen) atoms. The molecule has 2 aromatic carbocycles. The lowest BCUT2D eigenvalue weighted by molar-refractivity contribution is 0.0789. The Morgan fingerprint density at radius 2 is 2.00 bits per heavy atom. The third-order valence-electron chi connectivity index (χ3n) is 3.14. The van der Waals surface area contributed by atoms with E-state index >= 15 is 0 Å². The molecule has 0 saturated carbocycles. The van der Waals surface area contributed by atoms with Crippen LogP contribution in [0.25, 0.3) is 0 Å². The molecule has 1 amide bonds. The summed E-state index contributed by atoms with van der Waals surface area (Å²) in [6, 6.07) is 15.0. The van der Waals surface area contributed by atoms with Crippen molar-refractivity contribution in [1.29, 1.82) is 0 Å². The third-order valence-corrected chi connectivity index (χ3v) is 3.82. The molecule has 1 atom stereocenters. The molecule has 2 aromatic rings. The third kappa shape index (κ3) is 3.47. The molecule has 0 aromatic heterocycles. The minimum Gasteiger partial charge on any atom is -0.486 e. The summed E-state index contributed by atoms with van der Waals surface area (Å²) in [5.41, 5.74) is 0.652. The van der Waals surface area contributed by atoms with Gasteiger partial charge in [-0.05, 0) is 52.9 Å². The van der Waals surface area contributed by atoms with E-state index in [0.29, 0.717) is 18.7 Å². The Bertz CT molecular complexity index is 659. The van der Waals surface area contributed by atoms with Crippen LogP contribution in [0.1, 0.15) is 10.4 Å². The van der Waals surface area contributed by atoms with Crippen molar-refractivity contribution in [2.24, 2.45) is 0 Å². The highest BCUT2D eigenvalue weighted by Crippen LogP contribution is 2.30. The van der Waals surface area contributed by atoms with Crippen LogP contribution in [-0.2, 0) is 0 Å². The first-order valence-corrected chi connectivity index (χ1v) is 7.72. The van der Waals surface area contributed by atoms with Crippen LogP contribution in [0.15, 0.2) is 48.5 Å². The maximum Gasteiger partial charge on any atom is 0.251 e. The van der Waals surface area contributed by atoms with Gasteiger partial charge in [0.25, 0.3) is 5.91 Å². The number of ether oxygens (including phenoxy) is 2. The smallest absolute Gasteiger partial charge is 0.251 e. The van der Waals surface area contributed by atoms with E-state index in [1.54, 1.807) is 6.07 Å². The maximum absolute atomic E-state index is 12.1. The molecule has 108 valence electrons. The molecule has 0 aliphatic carbocycles. The van der Waals surface area contributed by atoms with E-state index in [0.717, 1.165) is 15.1 Å². The van der Waals surface area contributed by atoms with E-state index in [-0.39, 0.29) is 12.0 Å².